The maximum atomic E-state index is 5.97. The molecule has 2 N–H and O–H groups in total. The molecule has 1 aromatic heterocycles. The van der Waals surface area contributed by atoms with Gasteiger partial charge in [-0.2, -0.15) is 0 Å². The van der Waals surface area contributed by atoms with Gasteiger partial charge in [0.15, 0.2) is 0 Å². The second-order valence-electron chi connectivity index (χ2n) is 4.82. The molecule has 0 saturated carbocycles. The molecule has 0 spiro atoms. The summed E-state index contributed by atoms with van der Waals surface area (Å²) in [5.74, 6) is 0.812. The Morgan fingerprint density at radius 3 is 2.62 bits per heavy atom. The maximum absolute atomic E-state index is 5.97. The van der Waals surface area contributed by atoms with Crippen molar-refractivity contribution in [1.82, 2.24) is 9.55 Å². The lowest BCUT2D eigenvalue weighted by atomic mass is 9.97. The fourth-order valence-corrected chi connectivity index (χ4v) is 2.54. The van der Waals surface area contributed by atoms with Crippen LogP contribution in [0.15, 0.2) is 67.3 Å². The first-order chi connectivity index (χ1) is 10.3. The summed E-state index contributed by atoms with van der Waals surface area (Å²) in [6, 6.07) is 15.9. The molecule has 1 atom stereocenters. The van der Waals surface area contributed by atoms with E-state index in [1.54, 1.807) is 19.6 Å². The van der Waals surface area contributed by atoms with Crippen LogP contribution in [0.3, 0.4) is 0 Å². The quantitative estimate of drug-likeness (QED) is 0.747. The van der Waals surface area contributed by atoms with Crippen molar-refractivity contribution < 1.29 is 4.74 Å². The Bertz CT molecular complexity index is 708. The second-order valence-corrected chi connectivity index (χ2v) is 4.82. The first-order valence-electron chi connectivity index (χ1n) is 6.75. The van der Waals surface area contributed by atoms with Crippen LogP contribution >= 0.6 is 0 Å². The summed E-state index contributed by atoms with van der Waals surface area (Å²) < 4.78 is 7.56. The van der Waals surface area contributed by atoms with Gasteiger partial charge in [-0.25, -0.2) is 4.98 Å². The van der Waals surface area contributed by atoms with Gasteiger partial charge in [0.2, 0.25) is 0 Å². The number of nitrogens with two attached hydrogens (primary N) is 1. The summed E-state index contributed by atoms with van der Waals surface area (Å²) in [5, 5.41) is 0. The highest BCUT2D eigenvalue weighted by molar-refractivity contribution is 5.51. The third-order valence-corrected chi connectivity index (χ3v) is 3.49. The number of methoxy groups -OCH3 is 1. The van der Waals surface area contributed by atoms with Crippen molar-refractivity contribution in [2.24, 2.45) is 0 Å². The predicted octanol–water partition coefficient (Wildman–Crippen LogP) is 3.11. The molecule has 0 amide bonds. The van der Waals surface area contributed by atoms with Crippen LogP contribution in [0, 0.1) is 0 Å². The number of rotatable bonds is 4. The third kappa shape index (κ3) is 2.60. The minimum atomic E-state index is -0.0212. The third-order valence-electron chi connectivity index (χ3n) is 3.49. The van der Waals surface area contributed by atoms with E-state index >= 15 is 0 Å². The molecule has 0 aliphatic carbocycles. The predicted molar refractivity (Wildman–Crippen MR) is 83.3 cm³/mol. The van der Waals surface area contributed by atoms with E-state index in [9.17, 15) is 0 Å². The number of hydrogen-bond acceptors (Lipinski definition) is 3. The summed E-state index contributed by atoms with van der Waals surface area (Å²) in [7, 11) is 1.67. The molecule has 1 heterocycles. The highest BCUT2D eigenvalue weighted by atomic mass is 16.5. The number of ether oxygens (including phenoxy) is 1. The lowest BCUT2D eigenvalue weighted by molar-refractivity contribution is 0.405. The van der Waals surface area contributed by atoms with E-state index < -0.39 is 0 Å². The van der Waals surface area contributed by atoms with Crippen LogP contribution in [0.4, 0.5) is 5.69 Å². The fourth-order valence-electron chi connectivity index (χ4n) is 2.54. The summed E-state index contributed by atoms with van der Waals surface area (Å²) in [6.45, 7) is 0. The van der Waals surface area contributed by atoms with E-state index in [1.165, 1.54) is 0 Å². The topological polar surface area (TPSA) is 53.1 Å². The molecule has 0 radical (unpaired) electrons. The Morgan fingerprint density at radius 2 is 1.95 bits per heavy atom. The number of imidazole rings is 1. The van der Waals surface area contributed by atoms with Gasteiger partial charge in [-0.15, -0.1) is 0 Å². The van der Waals surface area contributed by atoms with Crippen molar-refractivity contribution in [3.8, 4) is 5.75 Å². The van der Waals surface area contributed by atoms with E-state index in [0.29, 0.717) is 5.69 Å². The average Bonchev–Trinajstić information content (AvgIpc) is 3.03. The molecule has 3 aromatic rings. The number of anilines is 1. The lowest BCUT2D eigenvalue weighted by Crippen LogP contribution is -2.12. The van der Waals surface area contributed by atoms with Crippen LogP contribution in [0.25, 0.3) is 0 Å². The Hall–Kier alpha value is -2.75. The number of benzene rings is 2. The SMILES string of the molecule is COc1ccc(N)cc1C(c1ccccc1)n1ccnc1. The first-order valence-corrected chi connectivity index (χ1v) is 6.75. The monoisotopic (exact) mass is 279 g/mol. The highest BCUT2D eigenvalue weighted by Crippen LogP contribution is 2.34. The van der Waals surface area contributed by atoms with Gasteiger partial charge in [-0.3, -0.25) is 0 Å². The van der Waals surface area contributed by atoms with Crippen LogP contribution in [0.2, 0.25) is 0 Å². The fraction of sp³-hybridized carbons (Fsp3) is 0.118. The molecule has 0 aliphatic rings. The smallest absolute Gasteiger partial charge is 0.124 e. The van der Waals surface area contributed by atoms with Crippen LogP contribution in [0.5, 0.6) is 5.75 Å². The zero-order chi connectivity index (χ0) is 14.7. The Balaban J connectivity index is 2.19. The van der Waals surface area contributed by atoms with Crippen LogP contribution in [-0.4, -0.2) is 16.7 Å². The molecule has 3 rings (SSSR count). The van der Waals surface area contributed by atoms with Gasteiger partial charge in [-0.05, 0) is 23.8 Å². The van der Waals surface area contributed by atoms with E-state index in [1.807, 2.05) is 47.2 Å². The Labute approximate surface area is 123 Å². The summed E-state index contributed by atoms with van der Waals surface area (Å²) in [4.78, 5) is 4.16. The summed E-state index contributed by atoms with van der Waals surface area (Å²) in [5.41, 5.74) is 8.85. The Morgan fingerprint density at radius 1 is 1.14 bits per heavy atom. The Kier molecular flexibility index (Phi) is 3.60. The van der Waals surface area contributed by atoms with Crippen molar-refractivity contribution in [2.45, 2.75) is 6.04 Å². The van der Waals surface area contributed by atoms with Crippen molar-refractivity contribution in [1.29, 1.82) is 0 Å². The van der Waals surface area contributed by atoms with E-state index in [0.717, 1.165) is 16.9 Å². The van der Waals surface area contributed by atoms with Crippen LogP contribution in [-0.2, 0) is 0 Å². The van der Waals surface area contributed by atoms with Gasteiger partial charge in [0.25, 0.3) is 0 Å². The molecule has 4 heteroatoms. The molecule has 4 nitrogen and oxygen atoms in total. The van der Waals surface area contributed by atoms with E-state index in [-0.39, 0.29) is 6.04 Å². The van der Waals surface area contributed by atoms with Gasteiger partial charge >= 0.3 is 0 Å². The van der Waals surface area contributed by atoms with Gasteiger partial charge in [0.05, 0.1) is 19.5 Å². The van der Waals surface area contributed by atoms with Gasteiger partial charge in [0.1, 0.15) is 5.75 Å². The van der Waals surface area contributed by atoms with Gasteiger partial charge in [0, 0.05) is 23.6 Å². The van der Waals surface area contributed by atoms with E-state index in [4.69, 9.17) is 10.5 Å². The van der Waals surface area contributed by atoms with Crippen LogP contribution < -0.4 is 10.5 Å². The zero-order valence-electron chi connectivity index (χ0n) is 11.8. The normalized spacial score (nSPS) is 12.0. The first kappa shape index (κ1) is 13.2. The minimum Gasteiger partial charge on any atom is -0.496 e. The number of nitrogen functional groups attached to an aromatic ring is 1. The zero-order valence-corrected chi connectivity index (χ0v) is 11.8. The number of hydrogen-bond donors (Lipinski definition) is 1. The summed E-state index contributed by atoms with van der Waals surface area (Å²) in [6.07, 6.45) is 5.52. The lowest BCUT2D eigenvalue weighted by Gasteiger charge is -2.22. The van der Waals surface area contributed by atoms with E-state index in [2.05, 4.69) is 17.1 Å². The molecule has 0 saturated heterocycles. The molecule has 0 fully saturated rings. The largest absolute Gasteiger partial charge is 0.496 e. The molecule has 0 bridgehead atoms. The van der Waals surface area contributed by atoms with Crippen LogP contribution in [0.1, 0.15) is 17.2 Å². The van der Waals surface area contributed by atoms with Crippen molar-refractivity contribution >= 4 is 5.69 Å². The van der Waals surface area contributed by atoms with Crippen molar-refractivity contribution in [3.05, 3.63) is 78.4 Å². The van der Waals surface area contributed by atoms with Crippen molar-refractivity contribution in [3.63, 3.8) is 0 Å². The standard InChI is InChI=1S/C17H17N3O/c1-21-16-8-7-14(18)11-15(16)17(20-10-9-19-12-20)13-5-3-2-4-6-13/h2-12,17H,18H2,1H3. The molecule has 0 aliphatic heterocycles. The number of aromatic nitrogens is 2. The number of nitrogens with zero attached hydrogens (tertiary/aromatic N) is 2. The molecular weight excluding hydrogens is 262 g/mol. The average molecular weight is 279 g/mol. The highest BCUT2D eigenvalue weighted by Gasteiger charge is 2.20. The molecule has 2 aromatic carbocycles. The minimum absolute atomic E-state index is 0.0212. The second kappa shape index (κ2) is 5.71. The van der Waals surface area contributed by atoms with Gasteiger partial charge < -0.3 is 15.0 Å². The molecule has 21 heavy (non-hydrogen) atoms. The molecule has 106 valence electrons. The maximum Gasteiger partial charge on any atom is 0.124 e. The van der Waals surface area contributed by atoms with Crippen molar-refractivity contribution in [2.75, 3.05) is 12.8 Å². The van der Waals surface area contributed by atoms with Gasteiger partial charge in [-0.1, -0.05) is 30.3 Å². The summed E-state index contributed by atoms with van der Waals surface area (Å²) >= 11 is 0. The molecular formula is C17H17N3O. The molecule has 1 unspecified atom stereocenters.